The summed E-state index contributed by atoms with van der Waals surface area (Å²) in [6, 6.07) is 0.710. The van der Waals surface area contributed by atoms with E-state index in [4.69, 9.17) is 4.74 Å². The molecule has 0 aromatic heterocycles. The van der Waals surface area contributed by atoms with E-state index < -0.39 is 0 Å². The van der Waals surface area contributed by atoms with Crippen molar-refractivity contribution < 1.29 is 4.74 Å². The summed E-state index contributed by atoms with van der Waals surface area (Å²) in [7, 11) is 0. The van der Waals surface area contributed by atoms with Crippen molar-refractivity contribution >= 4 is 0 Å². The lowest BCUT2D eigenvalue weighted by Gasteiger charge is -2.32. The van der Waals surface area contributed by atoms with Gasteiger partial charge in [-0.25, -0.2) is 0 Å². The average Bonchev–Trinajstić information content (AvgIpc) is 2.22. The molecule has 1 saturated carbocycles. The summed E-state index contributed by atoms with van der Waals surface area (Å²) in [5, 5.41) is 3.61. The molecule has 2 nitrogen and oxygen atoms in total. The van der Waals surface area contributed by atoms with Gasteiger partial charge in [-0.15, -0.1) is 6.58 Å². The highest BCUT2D eigenvalue weighted by Crippen LogP contribution is 2.28. The molecular weight excluding hydrogens is 198 g/mol. The minimum atomic E-state index is 0.710. The first-order valence-corrected chi connectivity index (χ1v) is 6.64. The Bertz CT molecular complexity index is 183. The van der Waals surface area contributed by atoms with E-state index in [1.54, 1.807) is 0 Å². The standard InChI is InChI=1S/C14H27NO/c1-4-5-7-16-8-6-15-14-10-12(2)9-13(3)11-14/h4,12-15H,1,5-11H2,2-3H3. The van der Waals surface area contributed by atoms with Gasteiger partial charge < -0.3 is 10.1 Å². The Morgan fingerprint density at radius 1 is 1.19 bits per heavy atom. The first-order chi connectivity index (χ1) is 7.72. The molecule has 0 heterocycles. The maximum atomic E-state index is 5.49. The van der Waals surface area contributed by atoms with Crippen molar-refractivity contribution in [1.29, 1.82) is 0 Å². The third-order valence-electron chi connectivity index (χ3n) is 3.32. The number of ether oxygens (including phenoxy) is 1. The summed E-state index contributed by atoms with van der Waals surface area (Å²) in [6.45, 7) is 11.0. The largest absolute Gasteiger partial charge is 0.380 e. The highest BCUT2D eigenvalue weighted by Gasteiger charge is 2.22. The van der Waals surface area contributed by atoms with E-state index >= 15 is 0 Å². The number of hydrogen-bond acceptors (Lipinski definition) is 2. The fourth-order valence-electron chi connectivity index (χ4n) is 2.72. The predicted molar refractivity (Wildman–Crippen MR) is 69.6 cm³/mol. The van der Waals surface area contributed by atoms with Gasteiger partial charge in [0.15, 0.2) is 0 Å². The molecule has 1 aliphatic carbocycles. The van der Waals surface area contributed by atoms with Crippen molar-refractivity contribution in [3.05, 3.63) is 12.7 Å². The fourth-order valence-corrected chi connectivity index (χ4v) is 2.72. The van der Waals surface area contributed by atoms with Crippen LogP contribution in [0.5, 0.6) is 0 Å². The van der Waals surface area contributed by atoms with Gasteiger partial charge in [-0.05, 0) is 37.5 Å². The molecule has 1 N–H and O–H groups in total. The smallest absolute Gasteiger partial charge is 0.0591 e. The third kappa shape index (κ3) is 5.66. The van der Waals surface area contributed by atoms with Gasteiger partial charge in [0.2, 0.25) is 0 Å². The number of rotatable bonds is 7. The summed E-state index contributed by atoms with van der Waals surface area (Å²) in [5.74, 6) is 1.76. The Morgan fingerprint density at radius 2 is 1.88 bits per heavy atom. The molecule has 94 valence electrons. The van der Waals surface area contributed by atoms with E-state index in [0.29, 0.717) is 6.04 Å². The molecule has 2 heteroatoms. The minimum absolute atomic E-state index is 0.710. The molecule has 0 aliphatic heterocycles. The van der Waals surface area contributed by atoms with E-state index in [-0.39, 0.29) is 0 Å². The monoisotopic (exact) mass is 225 g/mol. The lowest BCUT2D eigenvalue weighted by Crippen LogP contribution is -2.38. The van der Waals surface area contributed by atoms with Crippen molar-refractivity contribution in [2.45, 2.75) is 45.6 Å². The topological polar surface area (TPSA) is 21.3 Å². The summed E-state index contributed by atoms with van der Waals surface area (Å²) in [6.07, 6.45) is 6.91. The van der Waals surface area contributed by atoms with Crippen LogP contribution in [-0.4, -0.2) is 25.8 Å². The Morgan fingerprint density at radius 3 is 2.50 bits per heavy atom. The van der Waals surface area contributed by atoms with Gasteiger partial charge in [0.05, 0.1) is 13.2 Å². The second-order valence-corrected chi connectivity index (χ2v) is 5.26. The average molecular weight is 225 g/mol. The van der Waals surface area contributed by atoms with Crippen LogP contribution in [0.3, 0.4) is 0 Å². The fraction of sp³-hybridized carbons (Fsp3) is 0.857. The SMILES string of the molecule is C=CCCOCCNC1CC(C)CC(C)C1. The van der Waals surface area contributed by atoms with Gasteiger partial charge >= 0.3 is 0 Å². The van der Waals surface area contributed by atoms with Gasteiger partial charge in [0, 0.05) is 12.6 Å². The van der Waals surface area contributed by atoms with Crippen molar-refractivity contribution in [2.75, 3.05) is 19.8 Å². The molecule has 1 aliphatic rings. The predicted octanol–water partition coefficient (Wildman–Crippen LogP) is 2.99. The van der Waals surface area contributed by atoms with Crippen molar-refractivity contribution in [1.82, 2.24) is 5.32 Å². The molecular formula is C14H27NO. The second kappa shape index (κ2) is 7.86. The highest BCUT2D eigenvalue weighted by atomic mass is 16.5. The second-order valence-electron chi connectivity index (χ2n) is 5.26. The van der Waals surface area contributed by atoms with E-state index in [2.05, 4.69) is 25.7 Å². The zero-order valence-corrected chi connectivity index (χ0v) is 10.9. The van der Waals surface area contributed by atoms with Crippen molar-refractivity contribution in [3.63, 3.8) is 0 Å². The van der Waals surface area contributed by atoms with Gasteiger partial charge in [-0.2, -0.15) is 0 Å². The molecule has 1 rings (SSSR count). The van der Waals surface area contributed by atoms with Gasteiger partial charge in [0.1, 0.15) is 0 Å². The van der Waals surface area contributed by atoms with Crippen LogP contribution in [0.15, 0.2) is 12.7 Å². The molecule has 1 fully saturated rings. The summed E-state index contributed by atoms with van der Waals surface area (Å²) in [5.41, 5.74) is 0. The quantitative estimate of drug-likeness (QED) is 0.531. The maximum Gasteiger partial charge on any atom is 0.0591 e. The van der Waals surface area contributed by atoms with Crippen LogP contribution in [-0.2, 0) is 4.74 Å². The van der Waals surface area contributed by atoms with E-state index in [0.717, 1.165) is 38.0 Å². The lowest BCUT2D eigenvalue weighted by molar-refractivity contribution is 0.132. The Hall–Kier alpha value is -0.340. The van der Waals surface area contributed by atoms with E-state index in [1.165, 1.54) is 19.3 Å². The van der Waals surface area contributed by atoms with Crippen molar-refractivity contribution in [3.8, 4) is 0 Å². The molecule has 0 bridgehead atoms. The maximum absolute atomic E-state index is 5.49. The summed E-state index contributed by atoms with van der Waals surface area (Å²) < 4.78 is 5.49. The zero-order chi connectivity index (χ0) is 11.8. The molecule has 2 unspecified atom stereocenters. The van der Waals surface area contributed by atoms with Gasteiger partial charge in [0.25, 0.3) is 0 Å². The van der Waals surface area contributed by atoms with Crippen LogP contribution in [0.1, 0.15) is 39.5 Å². The molecule has 0 aromatic rings. The molecule has 16 heavy (non-hydrogen) atoms. The first-order valence-electron chi connectivity index (χ1n) is 6.64. The zero-order valence-electron chi connectivity index (χ0n) is 10.9. The van der Waals surface area contributed by atoms with Crippen LogP contribution in [0.25, 0.3) is 0 Å². The number of hydrogen-bond donors (Lipinski definition) is 1. The Balaban J connectivity index is 2.01. The Labute approximate surface area is 100 Å². The van der Waals surface area contributed by atoms with Crippen LogP contribution >= 0.6 is 0 Å². The molecule has 2 atom stereocenters. The molecule has 0 amide bonds. The van der Waals surface area contributed by atoms with Crippen LogP contribution in [0.2, 0.25) is 0 Å². The highest BCUT2D eigenvalue weighted by molar-refractivity contribution is 4.79. The molecule has 0 spiro atoms. The van der Waals surface area contributed by atoms with Crippen LogP contribution < -0.4 is 5.32 Å². The molecule has 0 saturated heterocycles. The van der Waals surface area contributed by atoms with E-state index in [9.17, 15) is 0 Å². The lowest BCUT2D eigenvalue weighted by atomic mass is 9.80. The minimum Gasteiger partial charge on any atom is -0.380 e. The molecule has 0 aromatic carbocycles. The van der Waals surface area contributed by atoms with Crippen molar-refractivity contribution in [2.24, 2.45) is 11.8 Å². The molecule has 0 radical (unpaired) electrons. The summed E-state index contributed by atoms with van der Waals surface area (Å²) in [4.78, 5) is 0. The van der Waals surface area contributed by atoms with Gasteiger partial charge in [-0.3, -0.25) is 0 Å². The van der Waals surface area contributed by atoms with Gasteiger partial charge in [-0.1, -0.05) is 19.9 Å². The van der Waals surface area contributed by atoms with Crippen LogP contribution in [0.4, 0.5) is 0 Å². The first kappa shape index (κ1) is 13.7. The third-order valence-corrected chi connectivity index (χ3v) is 3.32. The number of nitrogens with one attached hydrogen (secondary N) is 1. The van der Waals surface area contributed by atoms with E-state index in [1.807, 2.05) is 6.08 Å². The Kier molecular flexibility index (Phi) is 6.74. The normalized spacial score (nSPS) is 30.2. The summed E-state index contributed by atoms with van der Waals surface area (Å²) >= 11 is 0. The van der Waals surface area contributed by atoms with Crippen LogP contribution in [0, 0.1) is 11.8 Å².